The number of nitrogens with two attached hydrogens (primary N) is 1. The maximum atomic E-state index is 11.1. The second-order valence-electron chi connectivity index (χ2n) is 3.79. The van der Waals surface area contributed by atoms with Gasteiger partial charge in [0.2, 0.25) is 5.91 Å². The molecule has 0 spiro atoms. The molecule has 1 unspecified atom stereocenters. The van der Waals surface area contributed by atoms with Crippen LogP contribution in [-0.2, 0) is 14.3 Å². The average Bonchev–Trinajstić information content (AvgIpc) is 2.43. The smallest absolute Gasteiger partial charge is 0.221 e. The van der Waals surface area contributed by atoms with Crippen molar-refractivity contribution in [2.45, 2.75) is 32.2 Å². The Bertz CT molecular complexity index is 206. The van der Waals surface area contributed by atoms with Crippen LogP contribution in [0.25, 0.3) is 0 Å². The number of rotatable bonds is 4. The minimum atomic E-state index is -0.525. The van der Waals surface area contributed by atoms with E-state index in [2.05, 4.69) is 5.32 Å². The quantitative estimate of drug-likeness (QED) is 0.650. The lowest BCUT2D eigenvalue weighted by Crippen LogP contribution is -2.35. The first kappa shape index (κ1) is 11.4. The molecule has 0 radical (unpaired) electrons. The largest absolute Gasteiger partial charge is 0.353 e. The summed E-state index contributed by atoms with van der Waals surface area (Å²) < 4.78 is 10.9. The first-order valence-corrected chi connectivity index (χ1v) is 4.82. The molecule has 0 aromatic heterocycles. The van der Waals surface area contributed by atoms with Crippen LogP contribution in [0.4, 0.5) is 0 Å². The van der Waals surface area contributed by atoms with Crippen molar-refractivity contribution in [1.82, 2.24) is 5.32 Å². The second kappa shape index (κ2) is 4.72. The molecule has 1 saturated heterocycles. The normalized spacial score (nSPS) is 24.9. The Kier molecular flexibility index (Phi) is 3.86. The van der Waals surface area contributed by atoms with Crippen LogP contribution < -0.4 is 11.1 Å². The molecule has 5 nitrogen and oxygen atoms in total. The summed E-state index contributed by atoms with van der Waals surface area (Å²) in [5.74, 6) is -0.565. The van der Waals surface area contributed by atoms with Crippen molar-refractivity contribution >= 4 is 5.91 Å². The summed E-state index contributed by atoms with van der Waals surface area (Å²) in [6.07, 6.45) is 0.309. The summed E-state index contributed by atoms with van der Waals surface area (Å²) >= 11 is 0. The van der Waals surface area contributed by atoms with E-state index in [9.17, 15) is 4.79 Å². The molecule has 1 rings (SSSR count). The van der Waals surface area contributed by atoms with Gasteiger partial charge in [0.25, 0.3) is 0 Å². The fraction of sp³-hybridized carbons (Fsp3) is 0.889. The summed E-state index contributed by atoms with van der Waals surface area (Å²) in [5.41, 5.74) is 5.24. The van der Waals surface area contributed by atoms with Gasteiger partial charge in [0.1, 0.15) is 6.10 Å². The summed E-state index contributed by atoms with van der Waals surface area (Å²) in [7, 11) is 0. The number of ether oxygens (including phenoxy) is 2. The molecule has 1 heterocycles. The van der Waals surface area contributed by atoms with Gasteiger partial charge in [-0.3, -0.25) is 4.79 Å². The predicted molar refractivity (Wildman–Crippen MR) is 51.6 cm³/mol. The molecular formula is C9H18N2O3. The van der Waals surface area contributed by atoms with Gasteiger partial charge in [-0.15, -0.1) is 0 Å². The fourth-order valence-corrected chi connectivity index (χ4v) is 1.31. The summed E-state index contributed by atoms with van der Waals surface area (Å²) in [6, 6.07) is 0. The number of amides is 1. The van der Waals surface area contributed by atoms with Crippen molar-refractivity contribution in [3.8, 4) is 0 Å². The van der Waals surface area contributed by atoms with Gasteiger partial charge >= 0.3 is 0 Å². The number of hydrogen-bond donors (Lipinski definition) is 2. The van der Waals surface area contributed by atoms with Crippen LogP contribution in [0.1, 0.15) is 20.3 Å². The topological polar surface area (TPSA) is 73.6 Å². The number of nitrogens with one attached hydrogen (secondary N) is 1. The summed E-state index contributed by atoms with van der Waals surface area (Å²) in [6.45, 7) is 5.10. The van der Waals surface area contributed by atoms with Crippen LogP contribution >= 0.6 is 0 Å². The van der Waals surface area contributed by atoms with E-state index >= 15 is 0 Å². The monoisotopic (exact) mass is 202 g/mol. The van der Waals surface area contributed by atoms with E-state index in [1.165, 1.54) is 0 Å². The van der Waals surface area contributed by atoms with Gasteiger partial charge in [-0.2, -0.15) is 0 Å². The molecule has 14 heavy (non-hydrogen) atoms. The van der Waals surface area contributed by atoms with E-state index in [4.69, 9.17) is 15.2 Å². The van der Waals surface area contributed by atoms with E-state index in [0.29, 0.717) is 26.1 Å². The summed E-state index contributed by atoms with van der Waals surface area (Å²) in [4.78, 5) is 11.1. The van der Waals surface area contributed by atoms with Gasteiger partial charge < -0.3 is 20.5 Å². The van der Waals surface area contributed by atoms with Crippen molar-refractivity contribution < 1.29 is 14.3 Å². The molecule has 82 valence electrons. The molecule has 0 aliphatic carbocycles. The highest BCUT2D eigenvalue weighted by Crippen LogP contribution is 2.21. The van der Waals surface area contributed by atoms with Crippen molar-refractivity contribution in [1.29, 1.82) is 0 Å². The van der Waals surface area contributed by atoms with Crippen LogP contribution in [0.2, 0.25) is 0 Å². The van der Waals surface area contributed by atoms with Crippen LogP contribution in [0.5, 0.6) is 0 Å². The zero-order chi connectivity index (χ0) is 10.6. The van der Waals surface area contributed by atoms with Crippen molar-refractivity contribution in [2.24, 2.45) is 5.73 Å². The second-order valence-corrected chi connectivity index (χ2v) is 3.79. The minimum absolute atomic E-state index is 0.0409. The molecule has 5 heteroatoms. The lowest BCUT2D eigenvalue weighted by molar-refractivity contribution is -0.139. The maximum Gasteiger partial charge on any atom is 0.221 e. The molecule has 1 aliphatic heterocycles. The molecule has 0 saturated carbocycles. The number of carbonyl (C=O) groups excluding carboxylic acids is 1. The van der Waals surface area contributed by atoms with Gasteiger partial charge in [0.05, 0.1) is 6.61 Å². The van der Waals surface area contributed by atoms with E-state index < -0.39 is 5.79 Å². The van der Waals surface area contributed by atoms with E-state index in [0.717, 1.165) is 0 Å². The van der Waals surface area contributed by atoms with Gasteiger partial charge in [0.15, 0.2) is 5.79 Å². The molecular weight excluding hydrogens is 184 g/mol. The van der Waals surface area contributed by atoms with E-state index in [-0.39, 0.29) is 12.0 Å². The minimum Gasteiger partial charge on any atom is -0.353 e. The Morgan fingerprint density at radius 3 is 2.86 bits per heavy atom. The molecule has 1 fully saturated rings. The molecule has 0 aromatic rings. The fourth-order valence-electron chi connectivity index (χ4n) is 1.31. The number of hydrogen-bond acceptors (Lipinski definition) is 4. The Balaban J connectivity index is 2.17. The molecule has 1 amide bonds. The zero-order valence-electron chi connectivity index (χ0n) is 8.71. The average molecular weight is 202 g/mol. The van der Waals surface area contributed by atoms with Crippen molar-refractivity contribution in [3.63, 3.8) is 0 Å². The standard InChI is InChI=1S/C9H18N2O3/c1-9(2)13-6-7(14-9)5-11-8(12)3-4-10/h7H,3-6,10H2,1-2H3,(H,11,12). The van der Waals surface area contributed by atoms with Crippen LogP contribution in [0, 0.1) is 0 Å². The molecule has 1 atom stereocenters. The van der Waals surface area contributed by atoms with Gasteiger partial charge in [-0.25, -0.2) is 0 Å². The van der Waals surface area contributed by atoms with Gasteiger partial charge in [-0.05, 0) is 13.8 Å². The Morgan fingerprint density at radius 1 is 1.64 bits per heavy atom. The summed E-state index contributed by atoms with van der Waals surface area (Å²) in [5, 5.41) is 2.74. The van der Waals surface area contributed by atoms with E-state index in [1.807, 2.05) is 13.8 Å². The highest BCUT2D eigenvalue weighted by Gasteiger charge is 2.32. The maximum absolute atomic E-state index is 11.1. The molecule has 0 aromatic carbocycles. The Morgan fingerprint density at radius 2 is 2.36 bits per heavy atom. The van der Waals surface area contributed by atoms with E-state index in [1.54, 1.807) is 0 Å². The van der Waals surface area contributed by atoms with Crippen LogP contribution in [0.3, 0.4) is 0 Å². The SMILES string of the molecule is CC1(C)OCC(CNC(=O)CCN)O1. The molecule has 1 aliphatic rings. The van der Waals surface area contributed by atoms with Crippen molar-refractivity contribution in [3.05, 3.63) is 0 Å². The predicted octanol–water partition coefficient (Wildman–Crippen LogP) is -0.397. The van der Waals surface area contributed by atoms with Crippen LogP contribution in [-0.4, -0.2) is 37.5 Å². The van der Waals surface area contributed by atoms with Gasteiger partial charge in [-0.1, -0.05) is 0 Å². The Hall–Kier alpha value is -0.650. The molecule has 3 N–H and O–H groups in total. The first-order chi connectivity index (χ1) is 6.53. The lowest BCUT2D eigenvalue weighted by atomic mass is 10.3. The third-order valence-electron chi connectivity index (χ3n) is 1.97. The highest BCUT2D eigenvalue weighted by atomic mass is 16.7. The first-order valence-electron chi connectivity index (χ1n) is 4.82. The third-order valence-corrected chi connectivity index (χ3v) is 1.97. The Labute approximate surface area is 83.9 Å². The van der Waals surface area contributed by atoms with Gasteiger partial charge in [0, 0.05) is 19.5 Å². The third kappa shape index (κ3) is 3.61. The highest BCUT2D eigenvalue weighted by molar-refractivity contribution is 5.76. The van der Waals surface area contributed by atoms with Crippen LogP contribution in [0.15, 0.2) is 0 Å². The van der Waals surface area contributed by atoms with Crippen molar-refractivity contribution in [2.75, 3.05) is 19.7 Å². The molecule has 0 bridgehead atoms. The lowest BCUT2D eigenvalue weighted by Gasteiger charge is -2.17. The zero-order valence-corrected chi connectivity index (χ0v) is 8.71. The number of carbonyl (C=O) groups is 1.